The van der Waals surface area contributed by atoms with Crippen molar-refractivity contribution < 1.29 is 4.57 Å². The molecule has 140 valence electrons. The third-order valence-corrected chi connectivity index (χ3v) is 6.23. The molecule has 3 heterocycles. The molecule has 1 aliphatic rings. The van der Waals surface area contributed by atoms with E-state index in [1.54, 1.807) is 0 Å². The molecule has 3 heteroatoms. The van der Waals surface area contributed by atoms with E-state index in [-0.39, 0.29) is 0 Å². The fourth-order valence-electron chi connectivity index (χ4n) is 4.95. The van der Waals surface area contributed by atoms with Gasteiger partial charge in [0.25, 0.3) is 0 Å². The monoisotopic (exact) mass is 368 g/mol. The van der Waals surface area contributed by atoms with E-state index >= 15 is 0 Å². The highest BCUT2D eigenvalue weighted by Crippen LogP contribution is 2.42. The van der Waals surface area contributed by atoms with Crippen molar-refractivity contribution in [3.05, 3.63) is 77.0 Å². The van der Waals surface area contributed by atoms with E-state index in [0.29, 0.717) is 5.92 Å². The zero-order chi connectivity index (χ0) is 19.6. The second-order valence-corrected chi connectivity index (χ2v) is 8.33. The average molecular weight is 369 g/mol. The van der Waals surface area contributed by atoms with Crippen LogP contribution in [-0.2, 0) is 13.5 Å². The molecule has 0 atom stereocenters. The Morgan fingerprint density at radius 1 is 1.11 bits per heavy atom. The van der Waals surface area contributed by atoms with Gasteiger partial charge in [-0.15, -0.1) is 0 Å². The van der Waals surface area contributed by atoms with Crippen LogP contribution in [0.5, 0.6) is 0 Å². The minimum atomic E-state index is 0.504. The van der Waals surface area contributed by atoms with Crippen LogP contribution < -0.4 is 4.57 Å². The van der Waals surface area contributed by atoms with E-state index in [0.717, 1.165) is 12.2 Å². The van der Waals surface area contributed by atoms with Gasteiger partial charge >= 0.3 is 0 Å². The summed E-state index contributed by atoms with van der Waals surface area (Å²) >= 11 is 0. The number of hydrogen-bond donors (Lipinski definition) is 0. The van der Waals surface area contributed by atoms with Crippen LogP contribution in [0.25, 0.3) is 27.7 Å². The number of hydrogen-bond acceptors (Lipinski definition) is 1. The molecule has 0 saturated heterocycles. The zero-order valence-electron chi connectivity index (χ0n) is 17.2. The van der Waals surface area contributed by atoms with Gasteiger partial charge in [0.15, 0.2) is 6.20 Å². The van der Waals surface area contributed by atoms with E-state index in [4.69, 9.17) is 0 Å². The lowest BCUT2D eigenvalue weighted by molar-refractivity contribution is -0.660. The molecule has 0 amide bonds. The van der Waals surface area contributed by atoms with E-state index in [2.05, 4.69) is 91.6 Å². The van der Waals surface area contributed by atoms with Gasteiger partial charge in [-0.2, -0.15) is 0 Å². The Hall–Kier alpha value is -2.94. The SMILES string of the molecule is Cc1c[n+](C)c(-c2c3c(c4ccccc4c2C)-n2ccnc2C3)cc1C(C)C. The van der Waals surface area contributed by atoms with Crippen LogP contribution in [0, 0.1) is 13.8 Å². The normalized spacial score (nSPS) is 12.6. The predicted octanol–water partition coefficient (Wildman–Crippen LogP) is 5.16. The lowest BCUT2D eigenvalue weighted by atomic mass is 9.88. The van der Waals surface area contributed by atoms with Crippen LogP contribution in [0.1, 0.15) is 47.8 Å². The van der Waals surface area contributed by atoms with Crippen molar-refractivity contribution in [3.8, 4) is 16.9 Å². The Balaban J connectivity index is 1.92. The standard InChI is InChI=1S/C25H26N3/c1-15(2)20-12-22(27(5)14-16(20)3)24-17(4)18-8-6-7-9-19(18)25-21(24)13-23-26-10-11-28(23)25/h6-12,14-15H,13H2,1-5H3/q+1. The van der Waals surface area contributed by atoms with Crippen molar-refractivity contribution >= 4 is 10.8 Å². The Kier molecular flexibility index (Phi) is 3.70. The molecule has 0 N–H and O–H groups in total. The zero-order valence-corrected chi connectivity index (χ0v) is 17.2. The van der Waals surface area contributed by atoms with Crippen molar-refractivity contribution in [2.45, 2.75) is 40.0 Å². The van der Waals surface area contributed by atoms with E-state index in [9.17, 15) is 0 Å². The molecule has 28 heavy (non-hydrogen) atoms. The second kappa shape index (κ2) is 6.03. The highest BCUT2D eigenvalue weighted by molar-refractivity contribution is 6.00. The molecule has 0 fully saturated rings. The maximum atomic E-state index is 4.62. The minimum absolute atomic E-state index is 0.504. The summed E-state index contributed by atoms with van der Waals surface area (Å²) in [5.41, 5.74) is 9.48. The van der Waals surface area contributed by atoms with E-state index < -0.39 is 0 Å². The molecule has 3 nitrogen and oxygen atoms in total. The number of aromatic nitrogens is 3. The quantitative estimate of drug-likeness (QED) is 0.394. The van der Waals surface area contributed by atoms with Gasteiger partial charge in [0.1, 0.15) is 12.9 Å². The summed E-state index contributed by atoms with van der Waals surface area (Å²) in [7, 11) is 2.17. The Labute approximate surface area is 166 Å². The maximum Gasteiger partial charge on any atom is 0.213 e. The number of benzene rings is 2. The molecule has 0 aliphatic carbocycles. The van der Waals surface area contributed by atoms with Crippen LogP contribution in [0.15, 0.2) is 48.9 Å². The molecule has 2 aromatic heterocycles. The third kappa shape index (κ3) is 2.29. The highest BCUT2D eigenvalue weighted by Gasteiger charge is 2.30. The highest BCUT2D eigenvalue weighted by atomic mass is 15.1. The molecule has 4 aromatic rings. The number of aryl methyl sites for hydroxylation is 3. The number of imidazole rings is 1. The summed E-state index contributed by atoms with van der Waals surface area (Å²) in [6.45, 7) is 9.04. The summed E-state index contributed by atoms with van der Waals surface area (Å²) in [5, 5.41) is 2.64. The first-order valence-corrected chi connectivity index (χ1v) is 10.0. The van der Waals surface area contributed by atoms with Crippen molar-refractivity contribution in [1.82, 2.24) is 9.55 Å². The smallest absolute Gasteiger partial charge is 0.213 e. The van der Waals surface area contributed by atoms with Crippen LogP contribution in [0.4, 0.5) is 0 Å². The van der Waals surface area contributed by atoms with Crippen molar-refractivity contribution in [2.24, 2.45) is 7.05 Å². The van der Waals surface area contributed by atoms with Gasteiger partial charge in [-0.25, -0.2) is 9.55 Å². The largest absolute Gasteiger partial charge is 0.303 e. The number of fused-ring (bicyclic) bond motifs is 5. The van der Waals surface area contributed by atoms with Gasteiger partial charge in [0.05, 0.1) is 11.3 Å². The summed E-state index contributed by atoms with van der Waals surface area (Å²) < 4.78 is 4.57. The fraction of sp³-hybridized carbons (Fsp3) is 0.280. The van der Waals surface area contributed by atoms with E-state index in [1.807, 2.05) is 6.20 Å². The van der Waals surface area contributed by atoms with Gasteiger partial charge in [0, 0.05) is 35.8 Å². The number of nitrogens with zero attached hydrogens (tertiary/aromatic N) is 3. The van der Waals surface area contributed by atoms with Crippen LogP contribution >= 0.6 is 0 Å². The topological polar surface area (TPSA) is 21.7 Å². The van der Waals surface area contributed by atoms with Gasteiger partial charge in [-0.05, 0) is 41.8 Å². The average Bonchev–Trinajstić information content (AvgIpc) is 3.24. The Bertz CT molecular complexity index is 1240. The summed E-state index contributed by atoms with van der Waals surface area (Å²) in [6.07, 6.45) is 7.17. The molecule has 0 saturated carbocycles. The van der Waals surface area contributed by atoms with Crippen molar-refractivity contribution in [1.29, 1.82) is 0 Å². The lowest BCUT2D eigenvalue weighted by Crippen LogP contribution is -2.32. The molecule has 1 aliphatic heterocycles. The third-order valence-electron chi connectivity index (χ3n) is 6.23. The Morgan fingerprint density at radius 2 is 1.86 bits per heavy atom. The van der Waals surface area contributed by atoms with Crippen molar-refractivity contribution in [3.63, 3.8) is 0 Å². The van der Waals surface area contributed by atoms with Gasteiger partial charge < -0.3 is 4.57 Å². The number of rotatable bonds is 2. The molecule has 0 unspecified atom stereocenters. The molecule has 0 radical (unpaired) electrons. The minimum Gasteiger partial charge on any atom is -0.303 e. The first-order valence-electron chi connectivity index (χ1n) is 10.0. The number of pyridine rings is 1. The Morgan fingerprint density at radius 3 is 2.61 bits per heavy atom. The van der Waals surface area contributed by atoms with Crippen LogP contribution in [-0.4, -0.2) is 9.55 Å². The van der Waals surface area contributed by atoms with Crippen LogP contribution in [0.2, 0.25) is 0 Å². The molecule has 0 bridgehead atoms. The lowest BCUT2D eigenvalue weighted by Gasteiger charge is -2.17. The first-order chi connectivity index (χ1) is 13.5. The van der Waals surface area contributed by atoms with E-state index in [1.165, 1.54) is 50.0 Å². The first kappa shape index (κ1) is 17.2. The predicted molar refractivity (Wildman–Crippen MR) is 114 cm³/mol. The van der Waals surface area contributed by atoms with Crippen molar-refractivity contribution in [2.75, 3.05) is 0 Å². The summed E-state index contributed by atoms with van der Waals surface area (Å²) in [6, 6.07) is 11.2. The molecule has 5 rings (SSSR count). The van der Waals surface area contributed by atoms with Gasteiger partial charge in [0.2, 0.25) is 5.69 Å². The second-order valence-electron chi connectivity index (χ2n) is 8.33. The molecular formula is C25H26N3+. The van der Waals surface area contributed by atoms with Gasteiger partial charge in [-0.3, -0.25) is 0 Å². The summed E-state index contributed by atoms with van der Waals surface area (Å²) in [4.78, 5) is 4.62. The maximum absolute atomic E-state index is 4.62. The summed E-state index contributed by atoms with van der Waals surface area (Å²) in [5.74, 6) is 1.63. The molecular weight excluding hydrogens is 342 g/mol. The molecule has 2 aromatic carbocycles. The van der Waals surface area contributed by atoms with Crippen LogP contribution in [0.3, 0.4) is 0 Å². The van der Waals surface area contributed by atoms with Gasteiger partial charge in [-0.1, -0.05) is 38.1 Å². The molecule has 0 spiro atoms. The fourth-order valence-corrected chi connectivity index (χ4v) is 4.95.